The van der Waals surface area contributed by atoms with Crippen LogP contribution >= 0.6 is 0 Å². The van der Waals surface area contributed by atoms with Crippen LogP contribution in [0.2, 0.25) is 0 Å². The van der Waals surface area contributed by atoms with E-state index < -0.39 is 0 Å². The third-order valence-corrected chi connectivity index (χ3v) is 4.30. The molecule has 2 aromatic carbocycles. The van der Waals surface area contributed by atoms with Gasteiger partial charge in [-0.25, -0.2) is 4.68 Å². The molecule has 0 spiro atoms. The average Bonchev–Trinajstić information content (AvgIpc) is 3.05. The molecule has 1 aromatic heterocycles. The maximum atomic E-state index is 12.7. The first kappa shape index (κ1) is 18.4. The summed E-state index contributed by atoms with van der Waals surface area (Å²) in [5, 5.41) is 7.11. The fraction of sp³-hybridized carbons (Fsp3) is 0.190. The van der Waals surface area contributed by atoms with Gasteiger partial charge >= 0.3 is 0 Å². The van der Waals surface area contributed by atoms with E-state index in [2.05, 4.69) is 10.4 Å². The van der Waals surface area contributed by atoms with E-state index in [9.17, 15) is 9.59 Å². The van der Waals surface area contributed by atoms with Crippen molar-refractivity contribution in [1.29, 1.82) is 0 Å². The molecule has 3 aromatic rings. The topological polar surface area (TPSA) is 67.2 Å². The summed E-state index contributed by atoms with van der Waals surface area (Å²) in [5.41, 5.74) is 3.92. The molecular weight excluding hydrogens is 340 g/mol. The number of aryl methyl sites for hydroxylation is 1. The lowest BCUT2D eigenvalue weighted by molar-refractivity contribution is -0.116. The fourth-order valence-electron chi connectivity index (χ4n) is 2.78. The van der Waals surface area contributed by atoms with Crippen molar-refractivity contribution in [3.05, 3.63) is 77.6 Å². The van der Waals surface area contributed by atoms with Crippen molar-refractivity contribution in [1.82, 2.24) is 14.7 Å². The molecule has 0 saturated heterocycles. The Morgan fingerprint density at radius 3 is 2.37 bits per heavy atom. The first-order valence-electron chi connectivity index (χ1n) is 8.67. The Labute approximate surface area is 158 Å². The van der Waals surface area contributed by atoms with Crippen LogP contribution in [-0.2, 0) is 4.79 Å². The molecule has 0 bridgehead atoms. The van der Waals surface area contributed by atoms with Gasteiger partial charge in [-0.05, 0) is 38.1 Å². The Bertz CT molecular complexity index is 946. The lowest BCUT2D eigenvalue weighted by atomic mass is 10.2. The van der Waals surface area contributed by atoms with Crippen LogP contribution in [0.3, 0.4) is 0 Å². The first-order valence-corrected chi connectivity index (χ1v) is 8.67. The molecule has 0 saturated carbocycles. The number of para-hydroxylation sites is 1. The summed E-state index contributed by atoms with van der Waals surface area (Å²) in [4.78, 5) is 26.4. The van der Waals surface area contributed by atoms with Crippen molar-refractivity contribution in [3.8, 4) is 5.69 Å². The van der Waals surface area contributed by atoms with Gasteiger partial charge in [-0.1, -0.05) is 35.9 Å². The maximum Gasteiger partial charge on any atom is 0.257 e. The number of hydrogen-bond donors (Lipinski definition) is 1. The summed E-state index contributed by atoms with van der Waals surface area (Å²) in [6.07, 6.45) is 1.54. The summed E-state index contributed by atoms with van der Waals surface area (Å²) in [6.45, 7) is 3.78. The number of likely N-dealkylation sites (N-methyl/N-ethyl adjacent to an activating group) is 1. The Kier molecular flexibility index (Phi) is 5.35. The zero-order valence-electron chi connectivity index (χ0n) is 15.6. The van der Waals surface area contributed by atoms with E-state index in [0.29, 0.717) is 11.3 Å². The summed E-state index contributed by atoms with van der Waals surface area (Å²) in [7, 11) is 1.61. The molecule has 0 aliphatic heterocycles. The van der Waals surface area contributed by atoms with Crippen LogP contribution in [0, 0.1) is 13.8 Å². The van der Waals surface area contributed by atoms with Crippen LogP contribution in [0.1, 0.15) is 21.6 Å². The number of nitrogens with zero attached hydrogens (tertiary/aromatic N) is 3. The number of carbonyl (C=O) groups excluding carboxylic acids is 2. The van der Waals surface area contributed by atoms with Crippen molar-refractivity contribution in [2.75, 3.05) is 18.9 Å². The van der Waals surface area contributed by atoms with Gasteiger partial charge in [-0.3, -0.25) is 9.59 Å². The Balaban J connectivity index is 1.68. The van der Waals surface area contributed by atoms with Gasteiger partial charge < -0.3 is 10.2 Å². The first-order chi connectivity index (χ1) is 13.0. The second-order valence-electron chi connectivity index (χ2n) is 6.47. The molecule has 2 amide bonds. The lowest BCUT2D eigenvalue weighted by Crippen LogP contribution is -2.35. The summed E-state index contributed by atoms with van der Waals surface area (Å²) in [5.74, 6) is -0.489. The minimum absolute atomic E-state index is 0.0390. The number of aromatic nitrogens is 2. The molecule has 1 heterocycles. The van der Waals surface area contributed by atoms with Gasteiger partial charge in [-0.15, -0.1) is 0 Å². The van der Waals surface area contributed by atoms with Gasteiger partial charge in [0.1, 0.15) is 0 Å². The summed E-state index contributed by atoms with van der Waals surface area (Å²) < 4.78 is 1.72. The molecule has 0 aliphatic carbocycles. The van der Waals surface area contributed by atoms with Crippen molar-refractivity contribution in [3.63, 3.8) is 0 Å². The molecule has 6 heteroatoms. The van der Waals surface area contributed by atoms with Crippen LogP contribution in [0.4, 0.5) is 5.69 Å². The molecule has 138 valence electrons. The predicted octanol–water partition coefficient (Wildman–Crippen LogP) is 3.20. The largest absolute Gasteiger partial charge is 0.332 e. The second-order valence-corrected chi connectivity index (χ2v) is 6.47. The van der Waals surface area contributed by atoms with Crippen LogP contribution in [0.5, 0.6) is 0 Å². The van der Waals surface area contributed by atoms with E-state index in [1.54, 1.807) is 17.9 Å². The monoisotopic (exact) mass is 362 g/mol. The highest BCUT2D eigenvalue weighted by Crippen LogP contribution is 2.15. The molecule has 0 fully saturated rings. The normalized spacial score (nSPS) is 10.5. The molecule has 0 radical (unpaired) electrons. The number of carbonyl (C=O) groups is 2. The molecule has 0 unspecified atom stereocenters. The molecule has 1 N–H and O–H groups in total. The number of amides is 2. The van der Waals surface area contributed by atoms with Gasteiger partial charge in [-0.2, -0.15) is 5.10 Å². The third-order valence-electron chi connectivity index (χ3n) is 4.30. The third kappa shape index (κ3) is 4.23. The lowest BCUT2D eigenvalue weighted by Gasteiger charge is -2.17. The van der Waals surface area contributed by atoms with Crippen molar-refractivity contribution >= 4 is 17.5 Å². The van der Waals surface area contributed by atoms with Gasteiger partial charge in [0.25, 0.3) is 5.91 Å². The fourth-order valence-corrected chi connectivity index (χ4v) is 2.78. The number of rotatable bonds is 5. The van der Waals surface area contributed by atoms with Crippen LogP contribution in [0.25, 0.3) is 5.69 Å². The van der Waals surface area contributed by atoms with E-state index in [4.69, 9.17) is 0 Å². The van der Waals surface area contributed by atoms with Crippen molar-refractivity contribution in [2.45, 2.75) is 13.8 Å². The average molecular weight is 362 g/mol. The van der Waals surface area contributed by atoms with E-state index in [1.165, 1.54) is 4.90 Å². The van der Waals surface area contributed by atoms with Gasteiger partial charge in [0.15, 0.2) is 0 Å². The van der Waals surface area contributed by atoms with Gasteiger partial charge in [0.05, 0.1) is 29.7 Å². The summed E-state index contributed by atoms with van der Waals surface area (Å²) >= 11 is 0. The molecule has 0 aliphatic rings. The van der Waals surface area contributed by atoms with Crippen molar-refractivity contribution in [2.24, 2.45) is 0 Å². The minimum atomic E-state index is -0.247. The zero-order valence-corrected chi connectivity index (χ0v) is 15.6. The smallest absolute Gasteiger partial charge is 0.257 e. The number of hydrogen-bond acceptors (Lipinski definition) is 3. The molecule has 27 heavy (non-hydrogen) atoms. The summed E-state index contributed by atoms with van der Waals surface area (Å²) in [6, 6.07) is 17.1. The maximum absolute atomic E-state index is 12.7. The number of nitrogens with one attached hydrogen (secondary N) is 1. The highest BCUT2D eigenvalue weighted by atomic mass is 16.2. The number of anilines is 1. The zero-order chi connectivity index (χ0) is 19.4. The van der Waals surface area contributed by atoms with E-state index >= 15 is 0 Å². The van der Waals surface area contributed by atoms with Crippen LogP contribution < -0.4 is 5.32 Å². The quantitative estimate of drug-likeness (QED) is 0.758. The van der Waals surface area contributed by atoms with Gasteiger partial charge in [0, 0.05) is 12.7 Å². The Morgan fingerprint density at radius 2 is 1.70 bits per heavy atom. The van der Waals surface area contributed by atoms with E-state index in [1.807, 2.05) is 68.4 Å². The van der Waals surface area contributed by atoms with Crippen molar-refractivity contribution < 1.29 is 9.59 Å². The second kappa shape index (κ2) is 7.86. The Hall–Kier alpha value is -3.41. The molecule has 3 rings (SSSR count). The minimum Gasteiger partial charge on any atom is -0.332 e. The SMILES string of the molecule is Cc1ccc(NC(=O)CN(C)C(=O)c2cnn(-c3ccccc3)c2C)cc1. The highest BCUT2D eigenvalue weighted by Gasteiger charge is 2.20. The molecular formula is C21H22N4O2. The van der Waals surface area contributed by atoms with Crippen LogP contribution in [-0.4, -0.2) is 40.1 Å². The molecule has 6 nitrogen and oxygen atoms in total. The Morgan fingerprint density at radius 1 is 1.04 bits per heavy atom. The molecule has 0 atom stereocenters. The van der Waals surface area contributed by atoms with E-state index in [-0.39, 0.29) is 18.4 Å². The van der Waals surface area contributed by atoms with E-state index in [0.717, 1.165) is 16.9 Å². The standard InChI is InChI=1S/C21H22N4O2/c1-15-9-11-17(12-10-15)23-20(26)14-24(3)21(27)19-13-22-25(16(19)2)18-7-5-4-6-8-18/h4-13H,14H2,1-3H3,(H,23,26). The van der Waals surface area contributed by atoms with Gasteiger partial charge in [0.2, 0.25) is 5.91 Å². The predicted molar refractivity (Wildman–Crippen MR) is 105 cm³/mol. The van der Waals surface area contributed by atoms with Crippen LogP contribution in [0.15, 0.2) is 60.8 Å². The number of benzene rings is 2. The highest BCUT2D eigenvalue weighted by molar-refractivity contribution is 5.99.